The molecular weight excluding hydrogens is 228 g/mol. The first-order chi connectivity index (χ1) is 8.46. The Hall–Kier alpha value is -1.75. The fourth-order valence-electron chi connectivity index (χ4n) is 2.41. The number of imidazole rings is 1. The van der Waals surface area contributed by atoms with Gasteiger partial charge in [0.1, 0.15) is 0 Å². The first-order valence-corrected chi connectivity index (χ1v) is 6.16. The second-order valence-corrected chi connectivity index (χ2v) is 5.63. The number of hydrogen-bond acceptors (Lipinski definition) is 4. The molecule has 96 valence electrons. The number of aliphatic hydroxyl groups is 1. The van der Waals surface area contributed by atoms with Crippen LogP contribution in [0.4, 0.5) is 11.6 Å². The van der Waals surface area contributed by atoms with E-state index in [1.807, 2.05) is 18.2 Å². The Morgan fingerprint density at radius 3 is 2.94 bits per heavy atom. The maximum absolute atomic E-state index is 9.71. The smallest absolute Gasteiger partial charge is 0.201 e. The van der Waals surface area contributed by atoms with Crippen LogP contribution in [0.5, 0.6) is 0 Å². The summed E-state index contributed by atoms with van der Waals surface area (Å²) >= 11 is 0. The predicted octanol–water partition coefficient (Wildman–Crippen LogP) is 1.72. The number of nitrogens with zero attached hydrogens (tertiary/aromatic N) is 1. The third-order valence-corrected chi connectivity index (χ3v) is 4.03. The monoisotopic (exact) mass is 246 g/mol. The molecule has 18 heavy (non-hydrogen) atoms. The van der Waals surface area contributed by atoms with Crippen LogP contribution >= 0.6 is 0 Å². The number of rotatable bonds is 2. The molecule has 1 fully saturated rings. The van der Waals surface area contributed by atoms with Gasteiger partial charge in [0, 0.05) is 17.1 Å². The Kier molecular flexibility index (Phi) is 2.28. The number of nitrogens with one attached hydrogen (secondary N) is 2. The van der Waals surface area contributed by atoms with Crippen LogP contribution in [-0.2, 0) is 0 Å². The largest absolute Gasteiger partial charge is 0.399 e. The summed E-state index contributed by atoms with van der Waals surface area (Å²) in [7, 11) is 0. The lowest BCUT2D eigenvalue weighted by Gasteiger charge is -2.49. The second-order valence-electron chi connectivity index (χ2n) is 5.63. The Bertz CT molecular complexity index is 590. The molecule has 5 N–H and O–H groups in total. The quantitative estimate of drug-likeness (QED) is 0.608. The van der Waals surface area contributed by atoms with E-state index in [1.165, 1.54) is 0 Å². The van der Waals surface area contributed by atoms with Crippen LogP contribution in [0.25, 0.3) is 11.0 Å². The van der Waals surface area contributed by atoms with Gasteiger partial charge in [-0.05, 0) is 24.6 Å². The zero-order valence-corrected chi connectivity index (χ0v) is 10.6. The molecule has 0 amide bonds. The molecule has 2 unspecified atom stereocenters. The molecule has 0 spiro atoms. The van der Waals surface area contributed by atoms with Crippen LogP contribution in [0.15, 0.2) is 18.2 Å². The molecule has 0 saturated heterocycles. The molecular formula is C13H18N4O. The summed E-state index contributed by atoms with van der Waals surface area (Å²) in [5.74, 6) is 0.737. The number of nitrogen functional groups attached to an aromatic ring is 1. The van der Waals surface area contributed by atoms with Gasteiger partial charge in [0.05, 0.1) is 17.1 Å². The lowest BCUT2D eigenvalue weighted by Crippen LogP contribution is -2.57. The normalized spacial score (nSPS) is 25.9. The van der Waals surface area contributed by atoms with Gasteiger partial charge in [-0.3, -0.25) is 0 Å². The summed E-state index contributed by atoms with van der Waals surface area (Å²) in [6, 6.07) is 5.84. The van der Waals surface area contributed by atoms with E-state index in [-0.39, 0.29) is 17.6 Å². The van der Waals surface area contributed by atoms with Gasteiger partial charge >= 0.3 is 0 Å². The third-order valence-electron chi connectivity index (χ3n) is 4.03. The predicted molar refractivity (Wildman–Crippen MR) is 72.3 cm³/mol. The van der Waals surface area contributed by atoms with Crippen LogP contribution in [0.3, 0.4) is 0 Å². The minimum atomic E-state index is -0.241. The van der Waals surface area contributed by atoms with Crippen molar-refractivity contribution in [3.05, 3.63) is 18.2 Å². The van der Waals surface area contributed by atoms with Crippen molar-refractivity contribution in [1.82, 2.24) is 9.97 Å². The molecule has 1 aliphatic carbocycles. The molecule has 2 atom stereocenters. The van der Waals surface area contributed by atoms with E-state index in [2.05, 4.69) is 29.1 Å². The van der Waals surface area contributed by atoms with E-state index in [0.717, 1.165) is 29.1 Å². The van der Waals surface area contributed by atoms with Crippen LogP contribution < -0.4 is 11.1 Å². The van der Waals surface area contributed by atoms with E-state index in [1.54, 1.807) is 0 Å². The second kappa shape index (κ2) is 3.62. The highest BCUT2D eigenvalue weighted by molar-refractivity contribution is 5.80. The Morgan fingerprint density at radius 2 is 2.28 bits per heavy atom. The minimum absolute atomic E-state index is 0.113. The Balaban J connectivity index is 1.84. The fourth-order valence-corrected chi connectivity index (χ4v) is 2.41. The van der Waals surface area contributed by atoms with E-state index in [4.69, 9.17) is 5.73 Å². The summed E-state index contributed by atoms with van der Waals surface area (Å²) in [5, 5.41) is 13.1. The number of hydrogen-bond donors (Lipinski definition) is 4. The number of H-pyrrole nitrogens is 1. The third kappa shape index (κ3) is 1.62. The van der Waals surface area contributed by atoms with Crippen LogP contribution in [0.2, 0.25) is 0 Å². The van der Waals surface area contributed by atoms with Crippen molar-refractivity contribution in [3.63, 3.8) is 0 Å². The zero-order valence-electron chi connectivity index (χ0n) is 10.6. The van der Waals surface area contributed by atoms with E-state index in [0.29, 0.717) is 0 Å². The molecule has 1 aromatic heterocycles. The molecule has 0 bridgehead atoms. The topological polar surface area (TPSA) is 87.0 Å². The van der Waals surface area contributed by atoms with E-state index < -0.39 is 0 Å². The van der Waals surface area contributed by atoms with Crippen molar-refractivity contribution in [3.8, 4) is 0 Å². The number of anilines is 2. The van der Waals surface area contributed by atoms with Crippen molar-refractivity contribution in [2.75, 3.05) is 11.1 Å². The van der Waals surface area contributed by atoms with Crippen molar-refractivity contribution in [2.45, 2.75) is 32.4 Å². The van der Waals surface area contributed by atoms with Crippen LogP contribution in [-0.4, -0.2) is 27.2 Å². The molecule has 5 nitrogen and oxygen atoms in total. The van der Waals surface area contributed by atoms with Crippen LogP contribution in [0, 0.1) is 5.41 Å². The maximum atomic E-state index is 9.71. The van der Waals surface area contributed by atoms with E-state index >= 15 is 0 Å². The summed E-state index contributed by atoms with van der Waals surface area (Å²) in [6.45, 7) is 4.11. The van der Waals surface area contributed by atoms with E-state index in [9.17, 15) is 5.11 Å². The van der Waals surface area contributed by atoms with Crippen molar-refractivity contribution >= 4 is 22.7 Å². The highest BCUT2D eigenvalue weighted by atomic mass is 16.3. The number of fused-ring (bicyclic) bond motifs is 1. The SMILES string of the molecule is CC1(C)C(O)CC1Nc1nc2ccc(N)cc2[nH]1. The molecule has 1 aliphatic rings. The average Bonchev–Trinajstić information content (AvgIpc) is 2.70. The van der Waals surface area contributed by atoms with Crippen LogP contribution in [0.1, 0.15) is 20.3 Å². The van der Waals surface area contributed by atoms with Crippen molar-refractivity contribution < 1.29 is 5.11 Å². The summed E-state index contributed by atoms with van der Waals surface area (Å²) in [5.41, 5.74) is 8.16. The number of aromatic nitrogens is 2. The minimum Gasteiger partial charge on any atom is -0.399 e. The molecule has 2 aromatic rings. The summed E-state index contributed by atoms with van der Waals surface area (Å²) in [6.07, 6.45) is 0.515. The first kappa shape index (κ1) is 11.3. The van der Waals surface area contributed by atoms with Gasteiger partial charge in [-0.15, -0.1) is 0 Å². The summed E-state index contributed by atoms with van der Waals surface area (Å²) < 4.78 is 0. The molecule has 1 saturated carbocycles. The molecule has 0 aliphatic heterocycles. The number of aliphatic hydroxyl groups excluding tert-OH is 1. The molecule has 1 heterocycles. The van der Waals surface area contributed by atoms with Gasteiger partial charge in [0.2, 0.25) is 5.95 Å². The first-order valence-electron chi connectivity index (χ1n) is 6.16. The highest BCUT2D eigenvalue weighted by Gasteiger charge is 2.47. The van der Waals surface area contributed by atoms with Gasteiger partial charge in [0.25, 0.3) is 0 Å². The highest BCUT2D eigenvalue weighted by Crippen LogP contribution is 2.42. The number of nitrogens with two attached hydrogens (primary N) is 1. The Morgan fingerprint density at radius 1 is 1.50 bits per heavy atom. The van der Waals surface area contributed by atoms with Gasteiger partial charge in [-0.25, -0.2) is 4.98 Å². The van der Waals surface area contributed by atoms with Gasteiger partial charge in [-0.2, -0.15) is 0 Å². The molecule has 3 rings (SSSR count). The molecule has 0 radical (unpaired) electrons. The van der Waals surface area contributed by atoms with Gasteiger partial charge in [-0.1, -0.05) is 13.8 Å². The van der Waals surface area contributed by atoms with Gasteiger partial charge < -0.3 is 21.1 Å². The van der Waals surface area contributed by atoms with Gasteiger partial charge in [0.15, 0.2) is 0 Å². The zero-order chi connectivity index (χ0) is 12.9. The lowest BCUT2D eigenvalue weighted by molar-refractivity contribution is -0.0512. The molecule has 1 aromatic carbocycles. The molecule has 5 heteroatoms. The standard InChI is InChI=1S/C13H18N4O/c1-13(2)10(6-11(13)18)17-12-15-8-4-3-7(14)5-9(8)16-12/h3-5,10-11,18H,6,14H2,1-2H3,(H2,15,16,17). The number of aromatic amines is 1. The van der Waals surface area contributed by atoms with Crippen molar-refractivity contribution in [2.24, 2.45) is 5.41 Å². The number of benzene rings is 1. The average molecular weight is 246 g/mol. The summed E-state index contributed by atoms with van der Waals surface area (Å²) in [4.78, 5) is 7.67. The van der Waals surface area contributed by atoms with Crippen molar-refractivity contribution in [1.29, 1.82) is 0 Å². The lowest BCUT2D eigenvalue weighted by atomic mass is 9.65. The Labute approximate surface area is 105 Å². The maximum Gasteiger partial charge on any atom is 0.201 e. The fraction of sp³-hybridized carbons (Fsp3) is 0.462.